The lowest BCUT2D eigenvalue weighted by atomic mass is 9.87. The molecule has 134 valence electrons. The summed E-state index contributed by atoms with van der Waals surface area (Å²) in [6, 6.07) is 8.25. The second-order valence-corrected chi connectivity index (χ2v) is 9.15. The molecule has 1 heterocycles. The van der Waals surface area contributed by atoms with Gasteiger partial charge in [0.15, 0.2) is 0 Å². The summed E-state index contributed by atoms with van der Waals surface area (Å²) >= 11 is 1.59. The van der Waals surface area contributed by atoms with Gasteiger partial charge in [0.1, 0.15) is 0 Å². The van der Waals surface area contributed by atoms with E-state index in [9.17, 15) is 13.2 Å². The molecule has 3 rings (SSSR count). The van der Waals surface area contributed by atoms with Gasteiger partial charge in [-0.25, -0.2) is 13.6 Å². The molecule has 0 spiro atoms. The number of carbonyl (C=O) groups is 1. The first-order chi connectivity index (χ1) is 11.9. The van der Waals surface area contributed by atoms with Crippen LogP contribution in [-0.2, 0) is 29.4 Å². The van der Waals surface area contributed by atoms with Crippen LogP contribution in [0.15, 0.2) is 35.2 Å². The molecule has 7 heteroatoms. The predicted octanol–water partition coefficient (Wildman–Crippen LogP) is 2.84. The van der Waals surface area contributed by atoms with Gasteiger partial charge in [-0.3, -0.25) is 4.79 Å². The van der Waals surface area contributed by atoms with Gasteiger partial charge in [-0.2, -0.15) is 0 Å². The molecule has 1 aliphatic carbocycles. The number of nitrogens with one attached hydrogen (secondary N) is 1. The van der Waals surface area contributed by atoms with Crippen molar-refractivity contribution in [2.45, 2.75) is 44.0 Å². The molecule has 5 nitrogen and oxygen atoms in total. The summed E-state index contributed by atoms with van der Waals surface area (Å²) < 4.78 is 22.5. The van der Waals surface area contributed by atoms with Crippen LogP contribution in [-0.4, -0.2) is 14.3 Å². The zero-order valence-corrected chi connectivity index (χ0v) is 15.8. The van der Waals surface area contributed by atoms with Crippen LogP contribution in [0.5, 0.6) is 0 Å². The van der Waals surface area contributed by atoms with Gasteiger partial charge in [0.2, 0.25) is 10.0 Å². The molecule has 3 N–H and O–H groups in total. The van der Waals surface area contributed by atoms with Crippen molar-refractivity contribution in [3.8, 4) is 0 Å². The molecule has 1 atom stereocenters. The third-order valence-corrected chi connectivity index (χ3v) is 6.86. The Hall–Kier alpha value is -1.70. The highest BCUT2D eigenvalue weighted by molar-refractivity contribution is 7.89. The molecule has 0 bridgehead atoms. The highest BCUT2D eigenvalue weighted by atomic mass is 32.2. The maximum Gasteiger partial charge on any atom is 0.261 e. The van der Waals surface area contributed by atoms with Gasteiger partial charge >= 0.3 is 0 Å². The fourth-order valence-electron chi connectivity index (χ4n) is 3.13. The molecule has 0 saturated heterocycles. The Bertz CT molecular complexity index is 870. The average Bonchev–Trinajstić information content (AvgIpc) is 3.02. The number of carbonyl (C=O) groups excluding carboxylic acids is 1. The summed E-state index contributed by atoms with van der Waals surface area (Å²) in [4.78, 5) is 14.6. The molecule has 0 unspecified atom stereocenters. The van der Waals surface area contributed by atoms with Gasteiger partial charge in [0.25, 0.3) is 5.91 Å². The summed E-state index contributed by atoms with van der Waals surface area (Å²) in [6.07, 6.45) is 4.54. The number of primary sulfonamides is 1. The zero-order chi connectivity index (χ0) is 18.0. The van der Waals surface area contributed by atoms with Gasteiger partial charge in [-0.1, -0.05) is 25.5 Å². The molecular formula is C18H22N2O3S2. The number of rotatable bonds is 5. The highest BCUT2D eigenvalue weighted by Gasteiger charge is 2.22. The molecule has 2 aromatic rings. The van der Waals surface area contributed by atoms with Crippen molar-refractivity contribution >= 4 is 27.3 Å². The number of amides is 1. The van der Waals surface area contributed by atoms with E-state index in [1.54, 1.807) is 23.5 Å². The number of sulfonamides is 1. The fourth-order valence-corrected chi connectivity index (χ4v) is 4.77. The van der Waals surface area contributed by atoms with Crippen LogP contribution < -0.4 is 10.5 Å². The van der Waals surface area contributed by atoms with Crippen molar-refractivity contribution in [3.05, 3.63) is 51.2 Å². The second kappa shape index (κ2) is 7.27. The topological polar surface area (TPSA) is 89.3 Å². The Balaban J connectivity index is 1.63. The van der Waals surface area contributed by atoms with Crippen LogP contribution in [0.3, 0.4) is 0 Å². The van der Waals surface area contributed by atoms with E-state index in [4.69, 9.17) is 5.14 Å². The van der Waals surface area contributed by atoms with E-state index in [-0.39, 0.29) is 10.8 Å². The number of aryl methyl sites for hydroxylation is 1. The molecule has 25 heavy (non-hydrogen) atoms. The highest BCUT2D eigenvalue weighted by Crippen LogP contribution is 2.33. The van der Waals surface area contributed by atoms with Crippen LogP contribution in [0.25, 0.3) is 0 Å². The van der Waals surface area contributed by atoms with E-state index >= 15 is 0 Å². The van der Waals surface area contributed by atoms with Crippen LogP contribution in [0.4, 0.5) is 0 Å². The molecule has 0 fully saturated rings. The maximum atomic E-state index is 12.4. The van der Waals surface area contributed by atoms with Crippen LogP contribution in [0, 0.1) is 5.92 Å². The van der Waals surface area contributed by atoms with Crippen molar-refractivity contribution in [2.24, 2.45) is 11.1 Å². The summed E-state index contributed by atoms with van der Waals surface area (Å²) in [7, 11) is -3.69. The van der Waals surface area contributed by atoms with Crippen molar-refractivity contribution in [3.63, 3.8) is 0 Å². The van der Waals surface area contributed by atoms with E-state index in [2.05, 4.69) is 12.2 Å². The average molecular weight is 379 g/mol. The Morgan fingerprint density at radius 1 is 1.32 bits per heavy atom. The van der Waals surface area contributed by atoms with E-state index in [1.165, 1.54) is 35.4 Å². The normalized spacial score (nSPS) is 17.1. The molecule has 1 aromatic carbocycles. The minimum Gasteiger partial charge on any atom is -0.347 e. The lowest BCUT2D eigenvalue weighted by Gasteiger charge is -2.19. The van der Waals surface area contributed by atoms with Crippen molar-refractivity contribution < 1.29 is 13.2 Å². The largest absolute Gasteiger partial charge is 0.347 e. The number of fused-ring (bicyclic) bond motifs is 1. The number of hydrogen-bond donors (Lipinski definition) is 2. The van der Waals surface area contributed by atoms with Crippen LogP contribution >= 0.6 is 11.3 Å². The fraction of sp³-hybridized carbons (Fsp3) is 0.389. The lowest BCUT2D eigenvalue weighted by molar-refractivity contribution is 0.0955. The Morgan fingerprint density at radius 2 is 2.04 bits per heavy atom. The molecular weight excluding hydrogens is 356 g/mol. The molecule has 0 radical (unpaired) electrons. The number of nitrogens with two attached hydrogens (primary N) is 1. The summed E-state index contributed by atoms with van der Waals surface area (Å²) in [5, 5.41) is 7.98. The molecule has 0 aliphatic heterocycles. The van der Waals surface area contributed by atoms with E-state index in [0.29, 0.717) is 6.54 Å². The first-order valence-electron chi connectivity index (χ1n) is 8.38. The lowest BCUT2D eigenvalue weighted by Crippen LogP contribution is -2.22. The van der Waals surface area contributed by atoms with Gasteiger partial charge in [-0.15, -0.1) is 11.3 Å². The molecule has 0 saturated carbocycles. The Labute approximate surface area is 152 Å². The third kappa shape index (κ3) is 4.29. The maximum absolute atomic E-state index is 12.4. The molecule has 1 aromatic heterocycles. The van der Waals surface area contributed by atoms with Crippen LogP contribution in [0.1, 0.15) is 45.4 Å². The van der Waals surface area contributed by atoms with E-state index in [0.717, 1.165) is 29.2 Å². The minimum absolute atomic E-state index is 0.0685. The summed E-state index contributed by atoms with van der Waals surface area (Å²) in [5.74, 6) is 0.651. The van der Waals surface area contributed by atoms with Gasteiger partial charge < -0.3 is 5.32 Å². The molecule has 1 amide bonds. The van der Waals surface area contributed by atoms with E-state index in [1.807, 2.05) is 6.07 Å². The van der Waals surface area contributed by atoms with Crippen molar-refractivity contribution in [1.29, 1.82) is 0 Å². The number of thiophene rings is 1. The SMILES string of the molecule is CC[C@H]1CCc2sc(C(=O)NCc3ccc(S(N)(=O)=O)cc3)cc2C1. The number of benzene rings is 1. The van der Waals surface area contributed by atoms with Crippen LogP contribution in [0.2, 0.25) is 0 Å². The summed E-state index contributed by atoms with van der Waals surface area (Å²) in [6.45, 7) is 2.57. The first-order valence-corrected chi connectivity index (χ1v) is 10.7. The van der Waals surface area contributed by atoms with Gasteiger partial charge in [-0.05, 0) is 54.5 Å². The minimum atomic E-state index is -3.69. The van der Waals surface area contributed by atoms with Crippen molar-refractivity contribution in [1.82, 2.24) is 5.32 Å². The first kappa shape index (κ1) is 18.1. The quantitative estimate of drug-likeness (QED) is 0.838. The Kier molecular flexibility index (Phi) is 5.27. The standard InChI is InChI=1S/C18H22N2O3S2/c1-2-12-5-8-16-14(9-12)10-17(24-16)18(21)20-11-13-3-6-15(7-4-13)25(19,22)23/h3-4,6-7,10,12H,2,5,8-9,11H2,1H3,(H,20,21)(H2,19,22,23)/t12-/m0/s1. The monoisotopic (exact) mass is 378 g/mol. The number of hydrogen-bond acceptors (Lipinski definition) is 4. The zero-order valence-electron chi connectivity index (χ0n) is 14.1. The van der Waals surface area contributed by atoms with E-state index < -0.39 is 10.0 Å². The second-order valence-electron chi connectivity index (χ2n) is 6.45. The van der Waals surface area contributed by atoms with Gasteiger partial charge in [0, 0.05) is 11.4 Å². The molecule has 1 aliphatic rings. The smallest absolute Gasteiger partial charge is 0.261 e. The predicted molar refractivity (Wildman–Crippen MR) is 99.1 cm³/mol. The Morgan fingerprint density at radius 3 is 2.68 bits per heavy atom. The van der Waals surface area contributed by atoms with Gasteiger partial charge in [0.05, 0.1) is 9.77 Å². The summed E-state index contributed by atoms with van der Waals surface area (Å²) in [5.41, 5.74) is 2.15. The third-order valence-electron chi connectivity index (χ3n) is 4.69. The van der Waals surface area contributed by atoms with Crippen molar-refractivity contribution in [2.75, 3.05) is 0 Å².